The van der Waals surface area contributed by atoms with Crippen LogP contribution in [0.15, 0.2) is 42.6 Å². The lowest BCUT2D eigenvalue weighted by atomic mass is 10.0. The van der Waals surface area contributed by atoms with Crippen LogP contribution in [0.1, 0.15) is 25.3 Å². The van der Waals surface area contributed by atoms with Crippen molar-refractivity contribution in [2.24, 2.45) is 7.05 Å². The predicted molar refractivity (Wildman–Crippen MR) is 106 cm³/mol. The van der Waals surface area contributed by atoms with Gasteiger partial charge in [-0.3, -0.25) is 19.7 Å². The summed E-state index contributed by atoms with van der Waals surface area (Å²) >= 11 is 0. The van der Waals surface area contributed by atoms with Gasteiger partial charge in [0.1, 0.15) is 0 Å². The molecule has 0 bridgehead atoms. The minimum atomic E-state index is -0.384. The van der Waals surface area contributed by atoms with Crippen LogP contribution in [0.25, 0.3) is 11.3 Å². The van der Waals surface area contributed by atoms with E-state index in [1.54, 1.807) is 16.8 Å². The zero-order chi connectivity index (χ0) is 19.4. The molecule has 0 spiro atoms. The first kappa shape index (κ1) is 19.3. The first-order valence-corrected chi connectivity index (χ1v) is 9.30. The van der Waals surface area contributed by atoms with Gasteiger partial charge in [0.05, 0.1) is 10.6 Å². The third kappa shape index (κ3) is 5.02. The summed E-state index contributed by atoms with van der Waals surface area (Å²) in [5, 5.41) is 19.1. The van der Waals surface area contributed by atoms with Crippen molar-refractivity contribution in [3.05, 3.63) is 58.3 Å². The number of nitro benzene ring substituents is 1. The number of nitro groups is 1. The maximum absolute atomic E-state index is 10.8. The Labute approximate surface area is 159 Å². The van der Waals surface area contributed by atoms with E-state index in [0.717, 1.165) is 55.8 Å². The number of hydrogen-bond donors (Lipinski definition) is 1. The summed E-state index contributed by atoms with van der Waals surface area (Å²) in [6.07, 6.45) is 4.26. The molecule has 0 amide bonds. The van der Waals surface area contributed by atoms with E-state index in [-0.39, 0.29) is 10.6 Å². The molecule has 2 heterocycles. The summed E-state index contributed by atoms with van der Waals surface area (Å²) in [6.45, 7) is 9.98. The van der Waals surface area contributed by atoms with Gasteiger partial charge in [-0.2, -0.15) is 5.10 Å². The molecule has 0 unspecified atom stereocenters. The molecule has 144 valence electrons. The number of aryl methyl sites for hydroxylation is 1. The molecule has 7 nitrogen and oxygen atoms in total. The maximum atomic E-state index is 10.8. The summed E-state index contributed by atoms with van der Waals surface area (Å²) in [6, 6.07) is 7.08. The Morgan fingerprint density at radius 1 is 1.33 bits per heavy atom. The van der Waals surface area contributed by atoms with Gasteiger partial charge in [-0.1, -0.05) is 12.2 Å². The van der Waals surface area contributed by atoms with Crippen LogP contribution in [0.3, 0.4) is 0 Å². The second kappa shape index (κ2) is 8.45. The number of nitrogens with zero attached hydrogens (tertiary/aromatic N) is 4. The predicted octanol–water partition coefficient (Wildman–Crippen LogP) is 3.13. The van der Waals surface area contributed by atoms with Crippen molar-refractivity contribution in [1.29, 1.82) is 0 Å². The fraction of sp³-hybridized carbons (Fsp3) is 0.450. The van der Waals surface area contributed by atoms with Crippen LogP contribution in [0, 0.1) is 10.1 Å². The summed E-state index contributed by atoms with van der Waals surface area (Å²) in [4.78, 5) is 12.9. The molecule has 1 aliphatic rings. The molecule has 2 aromatic rings. The van der Waals surface area contributed by atoms with E-state index in [1.807, 2.05) is 13.2 Å². The summed E-state index contributed by atoms with van der Waals surface area (Å²) in [7, 11) is 1.90. The van der Waals surface area contributed by atoms with Gasteiger partial charge in [-0.15, -0.1) is 0 Å². The second-order valence-corrected chi connectivity index (χ2v) is 7.37. The van der Waals surface area contributed by atoms with Gasteiger partial charge in [0.15, 0.2) is 0 Å². The summed E-state index contributed by atoms with van der Waals surface area (Å²) in [5.41, 5.74) is 4.19. The Hall–Kier alpha value is -2.51. The van der Waals surface area contributed by atoms with E-state index in [9.17, 15) is 10.1 Å². The number of non-ortho nitro benzene ring substituents is 1. The molecular formula is C20H27N5O2. The lowest BCUT2D eigenvalue weighted by molar-refractivity contribution is -0.384. The van der Waals surface area contributed by atoms with Crippen molar-refractivity contribution >= 4 is 5.69 Å². The molecule has 1 saturated heterocycles. The Bertz CT molecular complexity index is 804. The fourth-order valence-corrected chi connectivity index (χ4v) is 3.58. The van der Waals surface area contributed by atoms with Gasteiger partial charge in [-0.25, -0.2) is 0 Å². The summed E-state index contributed by atoms with van der Waals surface area (Å²) < 4.78 is 1.79. The third-order valence-corrected chi connectivity index (χ3v) is 4.92. The number of piperidine rings is 1. The molecule has 1 N–H and O–H groups in total. The number of likely N-dealkylation sites (tertiary alicyclic amines) is 1. The quantitative estimate of drug-likeness (QED) is 0.461. The molecule has 0 radical (unpaired) electrons. The fourth-order valence-electron chi connectivity index (χ4n) is 3.58. The molecule has 1 aromatic carbocycles. The molecule has 27 heavy (non-hydrogen) atoms. The molecule has 3 rings (SSSR count). The van der Waals surface area contributed by atoms with Crippen LogP contribution in [-0.2, 0) is 13.6 Å². The van der Waals surface area contributed by atoms with Crippen LogP contribution >= 0.6 is 0 Å². The first-order chi connectivity index (χ1) is 12.9. The number of rotatable bonds is 7. The highest BCUT2D eigenvalue weighted by Gasteiger charge is 2.19. The molecule has 0 aliphatic carbocycles. The largest absolute Gasteiger partial charge is 0.310 e. The van der Waals surface area contributed by atoms with Crippen LogP contribution in [0.2, 0.25) is 0 Å². The highest BCUT2D eigenvalue weighted by atomic mass is 16.6. The van der Waals surface area contributed by atoms with Crippen molar-refractivity contribution in [3.63, 3.8) is 0 Å². The molecule has 0 atom stereocenters. The van der Waals surface area contributed by atoms with Crippen molar-refractivity contribution < 1.29 is 4.92 Å². The van der Waals surface area contributed by atoms with Gasteiger partial charge in [-0.05, 0) is 45.0 Å². The average Bonchev–Trinajstić information content (AvgIpc) is 3.01. The SMILES string of the molecule is C=C(C)CN1CCC(NCc2cn(C)nc2-c2ccc([N+](=O)[O-])cc2)CC1. The maximum Gasteiger partial charge on any atom is 0.269 e. The zero-order valence-electron chi connectivity index (χ0n) is 16.0. The van der Waals surface area contributed by atoms with Gasteiger partial charge in [0.2, 0.25) is 0 Å². The van der Waals surface area contributed by atoms with Gasteiger partial charge in [0.25, 0.3) is 5.69 Å². The Balaban J connectivity index is 1.61. The first-order valence-electron chi connectivity index (χ1n) is 9.30. The van der Waals surface area contributed by atoms with Crippen molar-refractivity contribution in [3.8, 4) is 11.3 Å². The lowest BCUT2D eigenvalue weighted by Gasteiger charge is -2.32. The smallest absolute Gasteiger partial charge is 0.269 e. The van der Waals surface area contributed by atoms with E-state index in [1.165, 1.54) is 17.7 Å². The van der Waals surface area contributed by atoms with E-state index in [2.05, 4.69) is 28.8 Å². The topological polar surface area (TPSA) is 76.2 Å². The van der Waals surface area contributed by atoms with Crippen LogP contribution in [0.4, 0.5) is 5.69 Å². The van der Waals surface area contributed by atoms with E-state index in [4.69, 9.17) is 0 Å². The van der Waals surface area contributed by atoms with Crippen LogP contribution in [-0.4, -0.2) is 45.3 Å². The number of hydrogen-bond acceptors (Lipinski definition) is 5. The second-order valence-electron chi connectivity index (χ2n) is 7.37. The van der Waals surface area contributed by atoms with Crippen molar-refractivity contribution in [2.45, 2.75) is 32.4 Å². The normalized spacial score (nSPS) is 15.8. The average molecular weight is 369 g/mol. The molecule has 7 heteroatoms. The zero-order valence-corrected chi connectivity index (χ0v) is 16.0. The van der Waals surface area contributed by atoms with Gasteiger partial charge < -0.3 is 5.32 Å². The minimum absolute atomic E-state index is 0.0934. The molecular weight excluding hydrogens is 342 g/mol. The van der Waals surface area contributed by atoms with Gasteiger partial charge >= 0.3 is 0 Å². The molecule has 1 aliphatic heterocycles. The van der Waals surface area contributed by atoms with E-state index >= 15 is 0 Å². The highest BCUT2D eigenvalue weighted by molar-refractivity contribution is 5.64. The molecule has 0 saturated carbocycles. The Morgan fingerprint density at radius 3 is 2.59 bits per heavy atom. The standard InChI is InChI=1S/C20H27N5O2/c1-15(2)13-24-10-8-18(9-11-24)21-12-17-14-23(3)22-20(17)16-4-6-19(7-5-16)25(26)27/h4-7,14,18,21H,1,8-13H2,2-3H3. The minimum Gasteiger partial charge on any atom is -0.310 e. The molecule has 1 aromatic heterocycles. The molecule has 1 fully saturated rings. The van der Waals surface area contributed by atoms with E-state index in [0.29, 0.717) is 6.04 Å². The number of nitrogens with one attached hydrogen (secondary N) is 1. The monoisotopic (exact) mass is 369 g/mol. The Morgan fingerprint density at radius 2 is 2.00 bits per heavy atom. The summed E-state index contributed by atoms with van der Waals surface area (Å²) in [5.74, 6) is 0. The van der Waals surface area contributed by atoms with Crippen LogP contribution < -0.4 is 5.32 Å². The van der Waals surface area contributed by atoms with Crippen LogP contribution in [0.5, 0.6) is 0 Å². The van der Waals surface area contributed by atoms with Crippen molar-refractivity contribution in [1.82, 2.24) is 20.0 Å². The Kier molecular flexibility index (Phi) is 6.03. The van der Waals surface area contributed by atoms with Gasteiger partial charge in [0, 0.05) is 55.6 Å². The third-order valence-electron chi connectivity index (χ3n) is 4.92. The lowest BCUT2D eigenvalue weighted by Crippen LogP contribution is -2.42. The number of benzene rings is 1. The van der Waals surface area contributed by atoms with Crippen molar-refractivity contribution in [2.75, 3.05) is 19.6 Å². The number of aromatic nitrogens is 2. The van der Waals surface area contributed by atoms with E-state index < -0.39 is 0 Å². The highest BCUT2D eigenvalue weighted by Crippen LogP contribution is 2.24.